The van der Waals surface area contributed by atoms with Crippen LogP contribution in [0, 0.1) is 18.8 Å². The van der Waals surface area contributed by atoms with Gasteiger partial charge in [-0.15, -0.1) is 0 Å². The van der Waals surface area contributed by atoms with E-state index in [0.29, 0.717) is 48.8 Å². The molecule has 174 valence electrons. The first-order valence-electron chi connectivity index (χ1n) is 11.5. The highest BCUT2D eigenvalue weighted by atomic mass is 16.5. The molecule has 7 nitrogen and oxygen atoms in total. The molecule has 2 heterocycles. The first-order valence-corrected chi connectivity index (χ1v) is 11.5. The number of likely N-dealkylation sites (tertiary alicyclic amines) is 1. The van der Waals surface area contributed by atoms with Gasteiger partial charge in [0.25, 0.3) is 5.91 Å². The zero-order valence-electron chi connectivity index (χ0n) is 19.5. The van der Waals surface area contributed by atoms with Crippen LogP contribution in [0.1, 0.15) is 35.7 Å². The highest BCUT2D eigenvalue weighted by molar-refractivity contribution is 5.97. The van der Waals surface area contributed by atoms with Crippen LogP contribution in [-0.4, -0.2) is 55.0 Å². The Bertz CT molecular complexity index is 1110. The van der Waals surface area contributed by atoms with E-state index in [0.717, 1.165) is 18.4 Å². The van der Waals surface area contributed by atoms with E-state index >= 15 is 0 Å². The summed E-state index contributed by atoms with van der Waals surface area (Å²) < 4.78 is 10.9. The van der Waals surface area contributed by atoms with E-state index in [1.54, 1.807) is 19.2 Å². The summed E-state index contributed by atoms with van der Waals surface area (Å²) in [5, 5.41) is 2.91. The predicted octanol–water partition coefficient (Wildman–Crippen LogP) is 4.05. The van der Waals surface area contributed by atoms with Gasteiger partial charge >= 0.3 is 0 Å². The first-order chi connectivity index (χ1) is 16.0. The van der Waals surface area contributed by atoms with Crippen molar-refractivity contribution in [3.05, 3.63) is 53.6 Å². The van der Waals surface area contributed by atoms with Crippen molar-refractivity contribution in [2.75, 3.05) is 33.4 Å². The molecule has 2 amide bonds. The molecule has 1 N–H and O–H groups in total. The number of oxazole rings is 1. The van der Waals surface area contributed by atoms with E-state index < -0.39 is 0 Å². The molecule has 7 heteroatoms. The monoisotopic (exact) mass is 449 g/mol. The average molecular weight is 450 g/mol. The van der Waals surface area contributed by atoms with Crippen LogP contribution in [0.5, 0.6) is 0 Å². The molecule has 0 saturated carbocycles. The van der Waals surface area contributed by atoms with Crippen molar-refractivity contribution >= 4 is 22.9 Å². The summed E-state index contributed by atoms with van der Waals surface area (Å²) in [6.45, 7) is 6.32. The van der Waals surface area contributed by atoms with Crippen LogP contribution in [0.4, 0.5) is 0 Å². The van der Waals surface area contributed by atoms with E-state index in [2.05, 4.69) is 10.3 Å². The number of carbonyl (C=O) groups is 2. The SMILES string of the molecule is COCCNC(=O)[C@@H](C)C1CCN(C(=O)c2ccc3oc(-c4ccc(C)cc4)nc3c2)CC1. The molecule has 0 unspecified atom stereocenters. The fourth-order valence-electron chi connectivity index (χ4n) is 4.32. The molecule has 1 aliphatic heterocycles. The standard InChI is InChI=1S/C26H31N3O4/c1-17-4-6-20(7-5-17)25-28-22-16-21(8-9-23(22)33-25)26(31)29-13-10-19(11-14-29)18(2)24(30)27-12-15-32-3/h4-9,16,18-19H,10-15H2,1-3H3,(H,27,30)/t18-/m0/s1. The fraction of sp³-hybridized carbons (Fsp3) is 0.423. The second kappa shape index (κ2) is 10.2. The molecule has 1 saturated heterocycles. The number of hydrogen-bond acceptors (Lipinski definition) is 5. The van der Waals surface area contributed by atoms with Gasteiger partial charge < -0.3 is 19.4 Å². The number of nitrogens with one attached hydrogen (secondary N) is 1. The molecule has 0 aliphatic carbocycles. The third-order valence-corrected chi connectivity index (χ3v) is 6.49. The number of piperidine rings is 1. The Morgan fingerprint density at radius 1 is 1.18 bits per heavy atom. The summed E-state index contributed by atoms with van der Waals surface area (Å²) in [5.74, 6) is 0.788. The van der Waals surface area contributed by atoms with Gasteiger partial charge in [0.1, 0.15) is 5.52 Å². The Balaban J connectivity index is 1.39. The molecule has 3 aromatic rings. The van der Waals surface area contributed by atoms with Gasteiger partial charge in [-0.05, 0) is 56.0 Å². The second-order valence-corrected chi connectivity index (χ2v) is 8.77. The lowest BCUT2D eigenvalue weighted by molar-refractivity contribution is -0.126. The fourth-order valence-corrected chi connectivity index (χ4v) is 4.32. The molecule has 1 atom stereocenters. The Morgan fingerprint density at radius 2 is 1.91 bits per heavy atom. The molecule has 1 fully saturated rings. The van der Waals surface area contributed by atoms with Crippen molar-refractivity contribution in [1.29, 1.82) is 0 Å². The summed E-state index contributed by atoms with van der Waals surface area (Å²) in [4.78, 5) is 31.9. The van der Waals surface area contributed by atoms with E-state index in [9.17, 15) is 9.59 Å². The highest BCUT2D eigenvalue weighted by Crippen LogP contribution is 2.28. The Kier molecular flexibility index (Phi) is 7.08. The predicted molar refractivity (Wildman–Crippen MR) is 127 cm³/mol. The van der Waals surface area contributed by atoms with Gasteiger partial charge in [0.05, 0.1) is 6.61 Å². The van der Waals surface area contributed by atoms with Crippen molar-refractivity contribution in [2.24, 2.45) is 11.8 Å². The lowest BCUT2D eigenvalue weighted by Crippen LogP contribution is -2.43. The van der Waals surface area contributed by atoms with Crippen molar-refractivity contribution in [1.82, 2.24) is 15.2 Å². The first kappa shape index (κ1) is 23.0. The maximum Gasteiger partial charge on any atom is 0.253 e. The van der Waals surface area contributed by atoms with Crippen LogP contribution in [0.3, 0.4) is 0 Å². The molecule has 1 aliphatic rings. The smallest absolute Gasteiger partial charge is 0.253 e. The largest absolute Gasteiger partial charge is 0.436 e. The highest BCUT2D eigenvalue weighted by Gasteiger charge is 2.30. The van der Waals surface area contributed by atoms with E-state index in [4.69, 9.17) is 9.15 Å². The van der Waals surface area contributed by atoms with Gasteiger partial charge in [-0.2, -0.15) is 0 Å². The number of nitrogens with zero attached hydrogens (tertiary/aromatic N) is 2. The van der Waals surface area contributed by atoms with E-state index in [-0.39, 0.29) is 23.7 Å². The zero-order valence-corrected chi connectivity index (χ0v) is 19.5. The van der Waals surface area contributed by atoms with Gasteiger partial charge in [0.2, 0.25) is 11.8 Å². The molecular weight excluding hydrogens is 418 g/mol. The molecule has 1 aromatic heterocycles. The summed E-state index contributed by atoms with van der Waals surface area (Å²) >= 11 is 0. The van der Waals surface area contributed by atoms with Crippen molar-refractivity contribution in [3.8, 4) is 11.5 Å². The lowest BCUT2D eigenvalue weighted by atomic mass is 9.84. The number of ether oxygens (including phenoxy) is 1. The summed E-state index contributed by atoms with van der Waals surface area (Å²) in [7, 11) is 1.62. The number of rotatable bonds is 7. The third kappa shape index (κ3) is 5.25. The minimum atomic E-state index is -0.0780. The molecule has 0 bridgehead atoms. The zero-order chi connectivity index (χ0) is 23.4. The maximum atomic E-state index is 13.1. The Hall–Kier alpha value is -3.19. The number of hydrogen-bond donors (Lipinski definition) is 1. The summed E-state index contributed by atoms with van der Waals surface area (Å²) in [6, 6.07) is 13.4. The third-order valence-electron chi connectivity index (χ3n) is 6.49. The van der Waals surface area contributed by atoms with Gasteiger partial charge in [0.15, 0.2) is 5.58 Å². The van der Waals surface area contributed by atoms with Crippen molar-refractivity contribution in [3.63, 3.8) is 0 Å². The number of amides is 2. The van der Waals surface area contributed by atoms with Crippen LogP contribution >= 0.6 is 0 Å². The molecule has 2 aromatic carbocycles. The number of benzene rings is 2. The van der Waals surface area contributed by atoms with Crippen molar-refractivity contribution in [2.45, 2.75) is 26.7 Å². The van der Waals surface area contributed by atoms with Crippen LogP contribution in [0.15, 0.2) is 46.9 Å². The van der Waals surface area contributed by atoms with Crippen LogP contribution < -0.4 is 5.32 Å². The molecule has 4 rings (SSSR count). The second-order valence-electron chi connectivity index (χ2n) is 8.77. The van der Waals surface area contributed by atoms with Gasteiger partial charge in [-0.25, -0.2) is 4.98 Å². The van der Waals surface area contributed by atoms with Crippen LogP contribution in [0.2, 0.25) is 0 Å². The number of aryl methyl sites for hydroxylation is 1. The number of methoxy groups -OCH3 is 1. The minimum Gasteiger partial charge on any atom is -0.436 e. The lowest BCUT2D eigenvalue weighted by Gasteiger charge is -2.34. The Morgan fingerprint density at radius 3 is 2.61 bits per heavy atom. The molecule has 0 spiro atoms. The van der Waals surface area contributed by atoms with Gasteiger partial charge in [-0.1, -0.05) is 24.6 Å². The minimum absolute atomic E-state index is 0.00700. The van der Waals surface area contributed by atoms with Crippen LogP contribution in [0.25, 0.3) is 22.6 Å². The van der Waals surface area contributed by atoms with Crippen molar-refractivity contribution < 1.29 is 18.7 Å². The number of fused-ring (bicyclic) bond motifs is 1. The summed E-state index contributed by atoms with van der Waals surface area (Å²) in [6.07, 6.45) is 1.63. The van der Waals surface area contributed by atoms with E-state index in [1.165, 1.54) is 5.56 Å². The number of carbonyl (C=O) groups excluding carboxylic acids is 2. The average Bonchev–Trinajstić information content (AvgIpc) is 3.27. The normalized spacial score (nSPS) is 15.5. The Labute approximate surface area is 194 Å². The van der Waals surface area contributed by atoms with Gasteiger partial charge in [0, 0.05) is 43.8 Å². The maximum absolute atomic E-state index is 13.1. The van der Waals surface area contributed by atoms with Crippen LogP contribution in [-0.2, 0) is 9.53 Å². The van der Waals surface area contributed by atoms with Gasteiger partial charge in [-0.3, -0.25) is 9.59 Å². The molecular formula is C26H31N3O4. The summed E-state index contributed by atoms with van der Waals surface area (Å²) in [5.41, 5.74) is 4.02. The topological polar surface area (TPSA) is 84.7 Å². The van der Waals surface area contributed by atoms with E-state index in [1.807, 2.05) is 49.1 Å². The molecule has 33 heavy (non-hydrogen) atoms. The molecule has 0 radical (unpaired) electrons. The number of aromatic nitrogens is 1. The quantitative estimate of drug-likeness (QED) is 0.550.